The van der Waals surface area contributed by atoms with Gasteiger partial charge in [0.1, 0.15) is 18.5 Å². The SMILES string of the molecule is CC(=O)OC[C@H]1O[C@@H](Oc2cc(C3(C(F)(F)F)N=N3)ccc2CO)[C@H](OC(C)=O)[C@@H](OC(C)=O)[C@@H]1OC(C)=O. The van der Waals surface area contributed by atoms with Crippen LogP contribution in [0.1, 0.15) is 38.8 Å². The molecule has 0 amide bonds. The largest absolute Gasteiger partial charge is 0.463 e. The predicted octanol–water partition coefficient (Wildman–Crippen LogP) is 1.82. The molecule has 3 rings (SSSR count). The highest BCUT2D eigenvalue weighted by Gasteiger charge is 2.65. The van der Waals surface area contributed by atoms with E-state index in [1.54, 1.807) is 0 Å². The lowest BCUT2D eigenvalue weighted by molar-refractivity contribution is -0.288. The van der Waals surface area contributed by atoms with Crippen LogP contribution in [0.25, 0.3) is 0 Å². The molecule has 0 aliphatic carbocycles. The molecule has 13 nitrogen and oxygen atoms in total. The first kappa shape index (κ1) is 29.8. The number of esters is 4. The van der Waals surface area contributed by atoms with Crippen molar-refractivity contribution in [1.82, 2.24) is 0 Å². The molecule has 214 valence electrons. The lowest BCUT2D eigenvalue weighted by atomic mass is 9.97. The third-order valence-electron chi connectivity index (χ3n) is 5.53. The topological polar surface area (TPSA) is 169 Å². The summed E-state index contributed by atoms with van der Waals surface area (Å²) in [4.78, 5) is 47.2. The highest BCUT2D eigenvalue weighted by Crippen LogP contribution is 2.53. The summed E-state index contributed by atoms with van der Waals surface area (Å²) in [5, 5.41) is 16.0. The van der Waals surface area contributed by atoms with Gasteiger partial charge in [-0.2, -0.15) is 13.2 Å². The lowest BCUT2D eigenvalue weighted by Gasteiger charge is -2.44. The van der Waals surface area contributed by atoms with Gasteiger partial charge < -0.3 is 33.5 Å². The summed E-state index contributed by atoms with van der Waals surface area (Å²) >= 11 is 0. The van der Waals surface area contributed by atoms with Crippen LogP contribution in [-0.4, -0.2) is 72.5 Å². The average molecular weight is 562 g/mol. The second kappa shape index (κ2) is 11.5. The third-order valence-corrected chi connectivity index (χ3v) is 5.53. The van der Waals surface area contributed by atoms with Gasteiger partial charge >= 0.3 is 35.7 Å². The number of nitrogens with zero attached hydrogens (tertiary/aromatic N) is 2. The average Bonchev–Trinajstić information content (AvgIpc) is 3.63. The molecule has 0 unspecified atom stereocenters. The first-order chi connectivity index (χ1) is 18.2. The number of benzene rings is 1. The summed E-state index contributed by atoms with van der Waals surface area (Å²) in [6, 6.07) is 3.12. The maximum absolute atomic E-state index is 13.6. The third kappa shape index (κ3) is 6.81. The van der Waals surface area contributed by atoms with Crippen LogP contribution in [0.5, 0.6) is 5.75 Å². The Kier molecular flexibility index (Phi) is 8.80. The zero-order valence-corrected chi connectivity index (χ0v) is 21.1. The van der Waals surface area contributed by atoms with Crippen LogP contribution >= 0.6 is 0 Å². The Morgan fingerprint density at radius 2 is 1.49 bits per heavy atom. The van der Waals surface area contributed by atoms with E-state index in [9.17, 15) is 37.5 Å². The van der Waals surface area contributed by atoms with Crippen molar-refractivity contribution in [3.63, 3.8) is 0 Å². The minimum absolute atomic E-state index is 0.00424. The molecule has 16 heteroatoms. The molecule has 0 saturated carbocycles. The molecule has 0 aromatic heterocycles. The molecule has 2 aliphatic heterocycles. The fraction of sp³-hybridized carbons (Fsp3) is 0.565. The van der Waals surface area contributed by atoms with Gasteiger partial charge in [0, 0.05) is 38.8 Å². The second-order valence-corrected chi connectivity index (χ2v) is 8.54. The van der Waals surface area contributed by atoms with Crippen LogP contribution in [0.15, 0.2) is 28.4 Å². The van der Waals surface area contributed by atoms with Crippen molar-refractivity contribution in [2.45, 2.75) is 76.8 Å². The van der Waals surface area contributed by atoms with Crippen LogP contribution in [0.2, 0.25) is 0 Å². The number of aliphatic hydroxyl groups is 1. The number of hydrogen-bond donors (Lipinski definition) is 1. The van der Waals surface area contributed by atoms with E-state index < -0.39 is 85.2 Å². The van der Waals surface area contributed by atoms with Gasteiger partial charge in [-0.3, -0.25) is 19.2 Å². The van der Waals surface area contributed by atoms with Crippen LogP contribution in [0.4, 0.5) is 13.2 Å². The number of aliphatic hydroxyl groups excluding tert-OH is 1. The van der Waals surface area contributed by atoms with Crippen molar-refractivity contribution < 1.29 is 65.9 Å². The van der Waals surface area contributed by atoms with Gasteiger partial charge in [0.15, 0.2) is 12.2 Å². The van der Waals surface area contributed by atoms with Crippen molar-refractivity contribution in [2.75, 3.05) is 6.61 Å². The monoisotopic (exact) mass is 562 g/mol. The molecule has 2 heterocycles. The van der Waals surface area contributed by atoms with Crippen molar-refractivity contribution >= 4 is 23.9 Å². The van der Waals surface area contributed by atoms with E-state index in [-0.39, 0.29) is 11.3 Å². The zero-order valence-electron chi connectivity index (χ0n) is 21.1. The van der Waals surface area contributed by atoms with Gasteiger partial charge in [0.05, 0.1) is 6.61 Å². The van der Waals surface area contributed by atoms with Crippen molar-refractivity contribution in [3.05, 3.63) is 29.3 Å². The normalized spacial score (nSPS) is 25.3. The van der Waals surface area contributed by atoms with E-state index in [4.69, 9.17) is 28.4 Å². The summed E-state index contributed by atoms with van der Waals surface area (Å²) in [6.07, 6.45) is -12.6. The van der Waals surface area contributed by atoms with Crippen molar-refractivity contribution in [3.8, 4) is 5.75 Å². The quantitative estimate of drug-likeness (QED) is 0.344. The Bertz CT molecular complexity index is 1150. The molecule has 0 radical (unpaired) electrons. The van der Waals surface area contributed by atoms with E-state index in [1.807, 2.05) is 0 Å². The molecule has 0 bridgehead atoms. The highest BCUT2D eigenvalue weighted by molar-refractivity contribution is 5.68. The van der Waals surface area contributed by atoms with E-state index in [0.29, 0.717) is 0 Å². The molecule has 0 spiro atoms. The number of ether oxygens (including phenoxy) is 6. The Hall–Kier alpha value is -3.79. The molecule has 1 saturated heterocycles. The number of carbonyl (C=O) groups excluding carboxylic acids is 4. The Morgan fingerprint density at radius 3 is 1.97 bits per heavy atom. The number of alkyl halides is 3. The number of carbonyl (C=O) groups is 4. The molecular weight excluding hydrogens is 537 g/mol. The summed E-state index contributed by atoms with van der Waals surface area (Å²) in [5.74, 6) is -3.72. The summed E-state index contributed by atoms with van der Waals surface area (Å²) in [6.45, 7) is 2.94. The van der Waals surface area contributed by atoms with Gasteiger partial charge in [0.25, 0.3) is 0 Å². The molecule has 5 atom stereocenters. The molecule has 1 N–H and O–H groups in total. The lowest BCUT2D eigenvalue weighted by Crippen LogP contribution is -2.63. The number of hydrogen-bond acceptors (Lipinski definition) is 13. The Balaban J connectivity index is 2.06. The minimum Gasteiger partial charge on any atom is -0.463 e. The molecule has 1 fully saturated rings. The fourth-order valence-electron chi connectivity index (χ4n) is 3.86. The molecule has 1 aromatic rings. The molecule has 39 heavy (non-hydrogen) atoms. The zero-order chi connectivity index (χ0) is 29.1. The highest BCUT2D eigenvalue weighted by atomic mass is 19.4. The van der Waals surface area contributed by atoms with E-state index in [1.165, 1.54) is 0 Å². The van der Waals surface area contributed by atoms with E-state index in [2.05, 4.69) is 10.2 Å². The molecular formula is C23H25F3N2O11. The van der Waals surface area contributed by atoms with Crippen molar-refractivity contribution in [2.24, 2.45) is 10.2 Å². The Labute approximate surface area is 219 Å². The standard InChI is InChI=1S/C23H25F3N2O11/c1-10(30)34-9-17-18(35-11(2)31)19(36-12(3)32)20(37-13(4)33)21(39-17)38-16-7-15(6-5-14(16)8-29)22(27-28-22)23(24,25)26/h5-7,17-21,29H,8-9H2,1-4H3/t17-,18-,19+,20-,21-/m1/s1. The maximum Gasteiger partial charge on any atom is 0.442 e. The van der Waals surface area contributed by atoms with Crippen molar-refractivity contribution in [1.29, 1.82) is 0 Å². The Morgan fingerprint density at radius 1 is 0.923 bits per heavy atom. The van der Waals surface area contributed by atoms with Gasteiger partial charge in [-0.05, 0) is 6.07 Å². The fourth-order valence-corrected chi connectivity index (χ4v) is 3.86. The summed E-state index contributed by atoms with van der Waals surface area (Å²) < 4.78 is 73.1. The minimum atomic E-state index is -4.86. The number of rotatable bonds is 9. The maximum atomic E-state index is 13.6. The summed E-state index contributed by atoms with van der Waals surface area (Å²) in [5.41, 5.74) is -3.25. The predicted molar refractivity (Wildman–Crippen MR) is 118 cm³/mol. The molecule has 2 aliphatic rings. The van der Waals surface area contributed by atoms with E-state index in [0.717, 1.165) is 45.9 Å². The van der Waals surface area contributed by atoms with Crippen LogP contribution in [-0.2, 0) is 55.1 Å². The van der Waals surface area contributed by atoms with Crippen LogP contribution in [0.3, 0.4) is 0 Å². The van der Waals surface area contributed by atoms with Gasteiger partial charge in [-0.15, -0.1) is 10.2 Å². The summed E-state index contributed by atoms with van der Waals surface area (Å²) in [7, 11) is 0. The smallest absolute Gasteiger partial charge is 0.442 e. The first-order valence-corrected chi connectivity index (χ1v) is 11.4. The van der Waals surface area contributed by atoms with Crippen LogP contribution in [0, 0.1) is 0 Å². The van der Waals surface area contributed by atoms with E-state index >= 15 is 0 Å². The van der Waals surface area contributed by atoms with Crippen LogP contribution < -0.4 is 4.74 Å². The number of halogens is 3. The second-order valence-electron chi connectivity index (χ2n) is 8.54. The van der Waals surface area contributed by atoms with Gasteiger partial charge in [-0.25, -0.2) is 0 Å². The molecule has 1 aromatic carbocycles. The van der Waals surface area contributed by atoms with Gasteiger partial charge in [-0.1, -0.05) is 12.1 Å². The van der Waals surface area contributed by atoms with Gasteiger partial charge in [0.2, 0.25) is 12.4 Å². The first-order valence-electron chi connectivity index (χ1n) is 11.4.